The van der Waals surface area contributed by atoms with E-state index >= 15 is 0 Å². The van der Waals surface area contributed by atoms with Gasteiger partial charge in [-0.15, -0.1) is 0 Å². The van der Waals surface area contributed by atoms with E-state index in [1.165, 1.54) is 39.0 Å². The van der Waals surface area contributed by atoms with Crippen LogP contribution in [0.3, 0.4) is 0 Å². The zero-order valence-corrected chi connectivity index (χ0v) is 23.5. The molecular formula is C40H38. The van der Waals surface area contributed by atoms with Crippen LogP contribution < -0.4 is 0 Å². The van der Waals surface area contributed by atoms with E-state index in [0.29, 0.717) is 11.8 Å². The van der Waals surface area contributed by atoms with Gasteiger partial charge in [0.15, 0.2) is 0 Å². The first-order valence-electron chi connectivity index (χ1n) is 14.3. The summed E-state index contributed by atoms with van der Waals surface area (Å²) < 4.78 is 0. The molecule has 40 heavy (non-hydrogen) atoms. The summed E-state index contributed by atoms with van der Waals surface area (Å²) in [6, 6.07) is 37.9. The van der Waals surface area contributed by atoms with Gasteiger partial charge in [-0.3, -0.25) is 0 Å². The van der Waals surface area contributed by atoms with Gasteiger partial charge in [0, 0.05) is 5.92 Å². The zero-order valence-electron chi connectivity index (χ0n) is 23.5. The molecule has 0 heteroatoms. The van der Waals surface area contributed by atoms with Crippen LogP contribution in [0.5, 0.6) is 0 Å². The van der Waals surface area contributed by atoms with Crippen LogP contribution in [0.25, 0.3) is 22.3 Å². The van der Waals surface area contributed by atoms with E-state index in [9.17, 15) is 0 Å². The van der Waals surface area contributed by atoms with Crippen LogP contribution in [0.2, 0.25) is 0 Å². The van der Waals surface area contributed by atoms with Gasteiger partial charge in [0.1, 0.15) is 0 Å². The molecule has 2 atom stereocenters. The lowest BCUT2D eigenvalue weighted by Gasteiger charge is -2.23. The fraction of sp³-hybridized carbons (Fsp3) is 0.150. The summed E-state index contributed by atoms with van der Waals surface area (Å²) in [5.41, 5.74) is 11.5. The molecule has 0 fully saturated rings. The molecule has 1 aliphatic carbocycles. The molecule has 0 bridgehead atoms. The topological polar surface area (TPSA) is 0 Å². The van der Waals surface area contributed by atoms with Gasteiger partial charge in [-0.2, -0.15) is 0 Å². The Morgan fingerprint density at radius 1 is 0.700 bits per heavy atom. The number of hydrogen-bond acceptors (Lipinski definition) is 0. The van der Waals surface area contributed by atoms with E-state index in [4.69, 9.17) is 0 Å². The minimum atomic E-state index is 0.290. The molecule has 0 radical (unpaired) electrons. The Morgan fingerprint density at radius 3 is 1.90 bits per heavy atom. The van der Waals surface area contributed by atoms with Crippen LogP contribution in [0.15, 0.2) is 153 Å². The maximum absolute atomic E-state index is 3.98. The smallest absolute Gasteiger partial charge is 0.00950 e. The molecular weight excluding hydrogens is 480 g/mol. The molecule has 0 N–H and O–H groups in total. The Morgan fingerprint density at radius 2 is 1.30 bits per heavy atom. The highest BCUT2D eigenvalue weighted by Gasteiger charge is 2.19. The van der Waals surface area contributed by atoms with Gasteiger partial charge in [0.05, 0.1) is 0 Å². The number of hydrogen-bond donors (Lipinski definition) is 0. The highest BCUT2D eigenvalue weighted by molar-refractivity contribution is 5.75. The van der Waals surface area contributed by atoms with Gasteiger partial charge in [-0.05, 0) is 75.3 Å². The summed E-state index contributed by atoms with van der Waals surface area (Å²) in [4.78, 5) is 0. The number of allylic oxidation sites excluding steroid dienone is 8. The third-order valence-electron chi connectivity index (χ3n) is 7.98. The van der Waals surface area contributed by atoms with Crippen LogP contribution in [0, 0.1) is 0 Å². The minimum Gasteiger partial charge on any atom is -0.0990 e. The van der Waals surface area contributed by atoms with Crippen molar-refractivity contribution in [3.05, 3.63) is 181 Å². The van der Waals surface area contributed by atoms with E-state index in [1.54, 1.807) is 0 Å². The first kappa shape index (κ1) is 27.2. The fourth-order valence-electron chi connectivity index (χ4n) is 5.64. The van der Waals surface area contributed by atoms with Crippen molar-refractivity contribution in [2.45, 2.75) is 38.0 Å². The Bertz CT molecular complexity index is 1510. The lowest BCUT2D eigenvalue weighted by molar-refractivity contribution is 0.617. The largest absolute Gasteiger partial charge is 0.0990 e. The van der Waals surface area contributed by atoms with Gasteiger partial charge in [0.2, 0.25) is 0 Å². The number of benzene rings is 4. The lowest BCUT2D eigenvalue weighted by atomic mass is 9.81. The fourth-order valence-corrected chi connectivity index (χ4v) is 5.64. The van der Waals surface area contributed by atoms with Gasteiger partial charge >= 0.3 is 0 Å². The molecule has 4 aromatic carbocycles. The summed E-state index contributed by atoms with van der Waals surface area (Å²) in [5, 5.41) is 0. The SMILES string of the molecule is C=C/C=C(\C=C)c1ccc([C@H](CC(C)c2ccc(-c3ccccc3)cc2)c2ccc(C3=CCCC=C3)cc2)cc1. The Balaban J connectivity index is 1.43. The zero-order chi connectivity index (χ0) is 27.7. The lowest BCUT2D eigenvalue weighted by Crippen LogP contribution is -2.07. The van der Waals surface area contributed by atoms with Gasteiger partial charge in [0.25, 0.3) is 0 Å². The maximum atomic E-state index is 3.98. The second kappa shape index (κ2) is 13.1. The normalized spacial score (nSPS) is 14.7. The Kier molecular flexibility index (Phi) is 8.89. The standard InChI is InChI=1S/C40H38/c1-4-12-31(5-2)35-21-25-38(26-22-35)40(39-27-23-37(24-28-39)34-15-10-7-11-16-34)29-30(3)32-17-19-36(20-18-32)33-13-8-6-9-14-33/h4-6,8-10,12-28,30,40H,1-2,7,11,29H2,3H3/b31-12+/t30?,40-/m0/s1. The molecule has 0 aromatic heterocycles. The molecule has 0 nitrogen and oxygen atoms in total. The predicted octanol–water partition coefficient (Wildman–Crippen LogP) is 11.2. The van der Waals surface area contributed by atoms with E-state index < -0.39 is 0 Å². The van der Waals surface area contributed by atoms with Crippen molar-refractivity contribution in [3.63, 3.8) is 0 Å². The third-order valence-corrected chi connectivity index (χ3v) is 7.98. The van der Waals surface area contributed by atoms with E-state index in [-0.39, 0.29) is 0 Å². The third kappa shape index (κ3) is 6.41. The van der Waals surface area contributed by atoms with Crippen molar-refractivity contribution in [3.8, 4) is 11.1 Å². The average Bonchev–Trinajstić information content (AvgIpc) is 3.03. The average molecular weight is 519 g/mol. The number of rotatable bonds is 10. The quantitative estimate of drug-likeness (QED) is 0.183. The van der Waals surface area contributed by atoms with Gasteiger partial charge < -0.3 is 0 Å². The first-order chi connectivity index (χ1) is 19.7. The van der Waals surface area contributed by atoms with Crippen molar-refractivity contribution in [1.82, 2.24) is 0 Å². The maximum Gasteiger partial charge on any atom is 0.00950 e. The van der Waals surface area contributed by atoms with Crippen LogP contribution >= 0.6 is 0 Å². The van der Waals surface area contributed by atoms with Crippen LogP contribution in [0.4, 0.5) is 0 Å². The Labute approximate surface area is 240 Å². The summed E-state index contributed by atoms with van der Waals surface area (Å²) in [7, 11) is 0. The second-order valence-corrected chi connectivity index (χ2v) is 10.6. The summed E-state index contributed by atoms with van der Waals surface area (Å²) in [6.07, 6.45) is 15.9. The van der Waals surface area contributed by atoms with Gasteiger partial charge in [-0.25, -0.2) is 0 Å². The second-order valence-electron chi connectivity index (χ2n) is 10.6. The molecule has 5 rings (SSSR count). The van der Waals surface area contributed by atoms with Crippen LogP contribution in [-0.4, -0.2) is 0 Å². The first-order valence-corrected chi connectivity index (χ1v) is 14.3. The summed E-state index contributed by atoms with van der Waals surface area (Å²) in [5.74, 6) is 0.695. The molecule has 0 amide bonds. The molecule has 0 saturated carbocycles. The molecule has 0 heterocycles. The van der Waals surface area contributed by atoms with Crippen LogP contribution in [0.1, 0.15) is 65.8 Å². The minimum absolute atomic E-state index is 0.290. The van der Waals surface area contributed by atoms with Crippen molar-refractivity contribution < 1.29 is 0 Å². The molecule has 0 spiro atoms. The molecule has 198 valence electrons. The van der Waals surface area contributed by atoms with Crippen molar-refractivity contribution in [2.24, 2.45) is 0 Å². The predicted molar refractivity (Wildman–Crippen MR) is 174 cm³/mol. The molecule has 0 aliphatic heterocycles. The van der Waals surface area contributed by atoms with E-state index in [1.807, 2.05) is 18.2 Å². The molecule has 1 aliphatic rings. The van der Waals surface area contributed by atoms with E-state index in [2.05, 4.69) is 141 Å². The summed E-state index contributed by atoms with van der Waals surface area (Å²) >= 11 is 0. The van der Waals surface area contributed by atoms with Crippen molar-refractivity contribution >= 4 is 11.1 Å². The van der Waals surface area contributed by atoms with Crippen molar-refractivity contribution in [1.29, 1.82) is 0 Å². The Hall–Kier alpha value is -4.42. The van der Waals surface area contributed by atoms with Crippen molar-refractivity contribution in [2.75, 3.05) is 0 Å². The van der Waals surface area contributed by atoms with E-state index in [0.717, 1.165) is 30.4 Å². The van der Waals surface area contributed by atoms with Crippen LogP contribution in [-0.2, 0) is 0 Å². The highest BCUT2D eigenvalue weighted by Crippen LogP contribution is 2.37. The molecule has 0 saturated heterocycles. The molecule has 1 unspecified atom stereocenters. The highest BCUT2D eigenvalue weighted by atomic mass is 14.2. The summed E-state index contributed by atoms with van der Waals surface area (Å²) in [6.45, 7) is 10.2. The monoisotopic (exact) mass is 518 g/mol. The molecule has 4 aromatic rings. The van der Waals surface area contributed by atoms with Gasteiger partial charge in [-0.1, -0.05) is 160 Å².